The van der Waals surface area contributed by atoms with Gasteiger partial charge in [0.2, 0.25) is 0 Å². The SMILES string of the molecule is CN(CCc1cccs1)Cc1cccc2c1NCC2. The Hall–Kier alpha value is -1.32. The zero-order chi connectivity index (χ0) is 13.1. The zero-order valence-corrected chi connectivity index (χ0v) is 12.2. The van der Waals surface area contributed by atoms with Crippen molar-refractivity contribution in [1.82, 2.24) is 4.90 Å². The monoisotopic (exact) mass is 272 g/mol. The van der Waals surface area contributed by atoms with Gasteiger partial charge in [-0.15, -0.1) is 11.3 Å². The van der Waals surface area contributed by atoms with Gasteiger partial charge in [-0.25, -0.2) is 0 Å². The van der Waals surface area contributed by atoms with Gasteiger partial charge in [-0.05, 0) is 42.5 Å². The Labute approximate surface area is 119 Å². The Kier molecular flexibility index (Phi) is 3.85. The molecule has 0 atom stereocenters. The Bertz CT molecular complexity index is 534. The van der Waals surface area contributed by atoms with Crippen molar-refractivity contribution in [1.29, 1.82) is 0 Å². The second-order valence-corrected chi connectivity index (χ2v) is 6.23. The number of rotatable bonds is 5. The number of benzene rings is 1. The molecule has 0 saturated carbocycles. The molecule has 2 nitrogen and oxygen atoms in total. The van der Waals surface area contributed by atoms with Crippen LogP contribution in [0.4, 0.5) is 5.69 Å². The third-order valence-electron chi connectivity index (χ3n) is 3.69. The predicted octanol–water partition coefficient (Wildman–Crippen LogP) is 3.39. The van der Waals surface area contributed by atoms with Crippen LogP contribution in [-0.4, -0.2) is 25.0 Å². The molecule has 100 valence electrons. The van der Waals surface area contributed by atoms with E-state index in [-0.39, 0.29) is 0 Å². The van der Waals surface area contributed by atoms with E-state index in [1.165, 1.54) is 28.1 Å². The molecule has 1 aliphatic rings. The van der Waals surface area contributed by atoms with Gasteiger partial charge in [0.15, 0.2) is 0 Å². The van der Waals surface area contributed by atoms with Gasteiger partial charge in [0.25, 0.3) is 0 Å². The molecule has 0 radical (unpaired) electrons. The summed E-state index contributed by atoms with van der Waals surface area (Å²) in [5, 5.41) is 5.68. The lowest BCUT2D eigenvalue weighted by Gasteiger charge is -2.18. The van der Waals surface area contributed by atoms with Crippen molar-refractivity contribution in [2.75, 3.05) is 25.5 Å². The van der Waals surface area contributed by atoms with Crippen LogP contribution >= 0.6 is 11.3 Å². The molecule has 3 heteroatoms. The molecule has 0 unspecified atom stereocenters. The van der Waals surface area contributed by atoms with Gasteiger partial charge in [-0.2, -0.15) is 0 Å². The third-order valence-corrected chi connectivity index (χ3v) is 4.63. The van der Waals surface area contributed by atoms with Crippen molar-refractivity contribution in [2.24, 2.45) is 0 Å². The molecule has 19 heavy (non-hydrogen) atoms. The highest BCUT2D eigenvalue weighted by atomic mass is 32.1. The van der Waals surface area contributed by atoms with Crippen molar-refractivity contribution < 1.29 is 0 Å². The number of hydrogen-bond acceptors (Lipinski definition) is 3. The molecular weight excluding hydrogens is 252 g/mol. The molecule has 1 aliphatic heterocycles. The fraction of sp³-hybridized carbons (Fsp3) is 0.375. The van der Waals surface area contributed by atoms with Crippen molar-refractivity contribution in [3.63, 3.8) is 0 Å². The summed E-state index contributed by atoms with van der Waals surface area (Å²) < 4.78 is 0. The van der Waals surface area contributed by atoms with Crippen molar-refractivity contribution >= 4 is 17.0 Å². The largest absolute Gasteiger partial charge is 0.384 e. The summed E-state index contributed by atoms with van der Waals surface area (Å²) in [4.78, 5) is 3.89. The number of nitrogens with zero attached hydrogens (tertiary/aromatic N) is 1. The summed E-state index contributed by atoms with van der Waals surface area (Å²) in [7, 11) is 2.21. The lowest BCUT2D eigenvalue weighted by atomic mass is 10.1. The Morgan fingerprint density at radius 3 is 3.05 bits per heavy atom. The van der Waals surface area contributed by atoms with Crippen molar-refractivity contribution in [3.8, 4) is 0 Å². The average molecular weight is 272 g/mol. The molecule has 0 saturated heterocycles. The van der Waals surface area contributed by atoms with Crippen LogP contribution in [0, 0.1) is 0 Å². The number of para-hydroxylation sites is 1. The van der Waals surface area contributed by atoms with Crippen LogP contribution in [0.3, 0.4) is 0 Å². The van der Waals surface area contributed by atoms with Crippen LogP contribution in [0.25, 0.3) is 0 Å². The quantitative estimate of drug-likeness (QED) is 0.897. The van der Waals surface area contributed by atoms with E-state index >= 15 is 0 Å². The van der Waals surface area contributed by atoms with E-state index < -0.39 is 0 Å². The minimum absolute atomic E-state index is 1.03. The molecule has 1 aromatic carbocycles. The van der Waals surface area contributed by atoms with E-state index in [1.807, 2.05) is 11.3 Å². The zero-order valence-electron chi connectivity index (χ0n) is 11.4. The highest BCUT2D eigenvalue weighted by molar-refractivity contribution is 7.09. The Morgan fingerprint density at radius 1 is 1.26 bits per heavy atom. The lowest BCUT2D eigenvalue weighted by molar-refractivity contribution is 0.332. The van der Waals surface area contributed by atoms with Gasteiger partial charge in [0.05, 0.1) is 0 Å². The smallest absolute Gasteiger partial charge is 0.0419 e. The number of likely N-dealkylation sites (N-methyl/N-ethyl adjacent to an activating group) is 1. The topological polar surface area (TPSA) is 15.3 Å². The molecule has 0 amide bonds. The van der Waals surface area contributed by atoms with Gasteiger partial charge >= 0.3 is 0 Å². The van der Waals surface area contributed by atoms with Crippen LogP contribution in [0.2, 0.25) is 0 Å². The first-order valence-electron chi connectivity index (χ1n) is 6.88. The number of anilines is 1. The molecule has 0 spiro atoms. The second kappa shape index (κ2) is 5.76. The molecule has 0 bridgehead atoms. The first-order valence-corrected chi connectivity index (χ1v) is 7.76. The van der Waals surface area contributed by atoms with Crippen molar-refractivity contribution in [2.45, 2.75) is 19.4 Å². The first-order chi connectivity index (χ1) is 9.33. The van der Waals surface area contributed by atoms with Crippen molar-refractivity contribution in [3.05, 3.63) is 51.7 Å². The standard InChI is InChI=1S/C16H20N2S/c1-18(10-8-15-6-3-11-19-15)12-14-5-2-4-13-7-9-17-16(13)14/h2-6,11,17H,7-10,12H2,1H3. The molecule has 1 aromatic heterocycles. The number of thiophene rings is 1. The Balaban J connectivity index is 1.60. The maximum Gasteiger partial charge on any atom is 0.0419 e. The molecule has 2 aromatic rings. The fourth-order valence-corrected chi connectivity index (χ4v) is 3.37. The number of nitrogens with one attached hydrogen (secondary N) is 1. The summed E-state index contributed by atoms with van der Waals surface area (Å²) in [6.07, 6.45) is 2.32. The maximum absolute atomic E-state index is 3.52. The maximum atomic E-state index is 3.52. The summed E-state index contributed by atoms with van der Waals surface area (Å²) in [6, 6.07) is 11.0. The number of hydrogen-bond donors (Lipinski definition) is 1. The number of fused-ring (bicyclic) bond motifs is 1. The minimum atomic E-state index is 1.03. The summed E-state index contributed by atoms with van der Waals surface area (Å²) >= 11 is 1.85. The summed E-state index contributed by atoms with van der Waals surface area (Å²) in [5.41, 5.74) is 4.29. The summed E-state index contributed by atoms with van der Waals surface area (Å²) in [6.45, 7) is 3.23. The van der Waals surface area contributed by atoms with E-state index in [0.717, 1.165) is 26.1 Å². The third kappa shape index (κ3) is 2.99. The fourth-order valence-electron chi connectivity index (χ4n) is 2.67. The molecule has 2 heterocycles. The van der Waals surface area contributed by atoms with Crippen LogP contribution in [0.1, 0.15) is 16.0 Å². The Morgan fingerprint density at radius 2 is 2.21 bits per heavy atom. The predicted molar refractivity (Wildman–Crippen MR) is 83.0 cm³/mol. The van der Waals surface area contributed by atoms with Crippen LogP contribution in [0.15, 0.2) is 35.7 Å². The first kappa shape index (κ1) is 12.7. The van der Waals surface area contributed by atoms with E-state index in [0.29, 0.717) is 0 Å². The van der Waals surface area contributed by atoms with Crippen LogP contribution in [-0.2, 0) is 19.4 Å². The van der Waals surface area contributed by atoms with Gasteiger partial charge in [0.1, 0.15) is 0 Å². The van der Waals surface area contributed by atoms with Gasteiger partial charge in [-0.1, -0.05) is 24.3 Å². The van der Waals surface area contributed by atoms with Gasteiger partial charge < -0.3 is 10.2 Å². The van der Waals surface area contributed by atoms with E-state index in [2.05, 4.69) is 53.0 Å². The normalized spacial score (nSPS) is 13.6. The minimum Gasteiger partial charge on any atom is -0.384 e. The molecule has 1 N–H and O–H groups in total. The highest BCUT2D eigenvalue weighted by Gasteiger charge is 2.14. The highest BCUT2D eigenvalue weighted by Crippen LogP contribution is 2.27. The van der Waals surface area contributed by atoms with Crippen LogP contribution in [0.5, 0.6) is 0 Å². The van der Waals surface area contributed by atoms with Crippen LogP contribution < -0.4 is 5.32 Å². The second-order valence-electron chi connectivity index (χ2n) is 5.20. The van der Waals surface area contributed by atoms with E-state index in [4.69, 9.17) is 0 Å². The van der Waals surface area contributed by atoms with Gasteiger partial charge in [0, 0.05) is 30.2 Å². The van der Waals surface area contributed by atoms with Gasteiger partial charge in [-0.3, -0.25) is 0 Å². The van der Waals surface area contributed by atoms with E-state index in [9.17, 15) is 0 Å². The van der Waals surface area contributed by atoms with E-state index in [1.54, 1.807) is 0 Å². The average Bonchev–Trinajstić information content (AvgIpc) is 3.08. The molecule has 3 rings (SSSR count). The molecular formula is C16H20N2S. The lowest BCUT2D eigenvalue weighted by Crippen LogP contribution is -2.21. The summed E-state index contributed by atoms with van der Waals surface area (Å²) in [5.74, 6) is 0. The molecule has 0 aliphatic carbocycles. The molecule has 0 fully saturated rings.